The topological polar surface area (TPSA) is 58.4 Å². The van der Waals surface area contributed by atoms with Crippen LogP contribution in [0.1, 0.15) is 52.4 Å². The summed E-state index contributed by atoms with van der Waals surface area (Å²) in [5, 5.41) is 4.66. The van der Waals surface area contributed by atoms with Crippen molar-refractivity contribution in [3.8, 4) is 5.69 Å². The summed E-state index contributed by atoms with van der Waals surface area (Å²) in [4.78, 5) is 29.8. The second kappa shape index (κ2) is 8.38. The molecule has 1 fully saturated rings. The first-order chi connectivity index (χ1) is 16.2. The molecule has 0 saturated carbocycles. The van der Waals surface area contributed by atoms with Gasteiger partial charge in [0.25, 0.3) is 5.91 Å². The largest absolute Gasteiger partial charge is 0.368 e. The highest BCUT2D eigenvalue weighted by molar-refractivity contribution is 6.00. The molecule has 34 heavy (non-hydrogen) atoms. The van der Waals surface area contributed by atoms with Crippen molar-refractivity contribution in [3.63, 3.8) is 0 Å². The van der Waals surface area contributed by atoms with Gasteiger partial charge in [-0.1, -0.05) is 13.8 Å². The van der Waals surface area contributed by atoms with E-state index in [1.165, 1.54) is 12.1 Å². The first-order valence-electron chi connectivity index (χ1n) is 11.7. The fourth-order valence-corrected chi connectivity index (χ4v) is 5.10. The Labute approximate surface area is 199 Å². The lowest BCUT2D eigenvalue weighted by atomic mass is 9.75. The number of anilines is 1. The van der Waals surface area contributed by atoms with Gasteiger partial charge in [0.2, 0.25) is 0 Å². The van der Waals surface area contributed by atoms with Crippen LogP contribution < -0.4 is 4.90 Å². The third-order valence-electron chi connectivity index (χ3n) is 6.84. The molecule has 2 aliphatic rings. The lowest BCUT2D eigenvalue weighted by Crippen LogP contribution is -2.48. The Morgan fingerprint density at radius 2 is 1.53 bits per heavy atom. The van der Waals surface area contributed by atoms with E-state index in [9.17, 15) is 14.0 Å². The quantitative estimate of drug-likeness (QED) is 0.580. The molecule has 0 N–H and O–H groups in total. The normalized spacial score (nSPS) is 17.6. The van der Waals surface area contributed by atoms with E-state index in [0.717, 1.165) is 34.7 Å². The van der Waals surface area contributed by atoms with Gasteiger partial charge in [-0.05, 0) is 67.3 Å². The molecule has 6 nitrogen and oxygen atoms in total. The van der Waals surface area contributed by atoms with Crippen molar-refractivity contribution in [3.05, 3.63) is 76.9 Å². The van der Waals surface area contributed by atoms with Crippen molar-refractivity contribution in [2.24, 2.45) is 5.41 Å². The van der Waals surface area contributed by atoms with Crippen LogP contribution in [0, 0.1) is 18.2 Å². The highest BCUT2D eigenvalue weighted by Crippen LogP contribution is 2.37. The highest BCUT2D eigenvalue weighted by Gasteiger charge is 2.35. The number of amides is 1. The third kappa shape index (κ3) is 4.11. The van der Waals surface area contributed by atoms with E-state index in [1.807, 2.05) is 40.8 Å². The van der Waals surface area contributed by atoms with Gasteiger partial charge in [-0.3, -0.25) is 9.59 Å². The maximum Gasteiger partial charge on any atom is 0.253 e. The molecule has 0 spiro atoms. The molecule has 0 unspecified atom stereocenters. The number of ketones is 1. The van der Waals surface area contributed by atoms with E-state index in [2.05, 4.69) is 23.8 Å². The highest BCUT2D eigenvalue weighted by atomic mass is 19.1. The number of benzene rings is 2. The van der Waals surface area contributed by atoms with Gasteiger partial charge in [0.05, 0.1) is 22.6 Å². The molecule has 0 bridgehead atoms. The number of hydrogen-bond acceptors (Lipinski definition) is 4. The standard InChI is InChI=1S/C27H29FN4O2/c1-18-25-23(16-27(2,3)17-24(25)33)32(29-18)22-8-4-19(5-9-22)26(34)31-14-12-30(13-15-31)21-10-6-20(28)7-11-21/h4-11H,12-17H2,1-3H3. The predicted octanol–water partition coefficient (Wildman–Crippen LogP) is 4.44. The SMILES string of the molecule is Cc1nn(-c2ccc(C(=O)N3CCN(c4ccc(F)cc4)CC3)cc2)c2c1C(=O)CC(C)(C)C2. The van der Waals surface area contributed by atoms with Crippen molar-refractivity contribution in [1.82, 2.24) is 14.7 Å². The summed E-state index contributed by atoms with van der Waals surface area (Å²) in [6.07, 6.45) is 1.32. The van der Waals surface area contributed by atoms with Gasteiger partial charge < -0.3 is 9.80 Å². The van der Waals surface area contributed by atoms with Crippen molar-refractivity contribution < 1.29 is 14.0 Å². The van der Waals surface area contributed by atoms with Crippen LogP contribution in [0.2, 0.25) is 0 Å². The number of carbonyl (C=O) groups excluding carboxylic acids is 2. The van der Waals surface area contributed by atoms with E-state index >= 15 is 0 Å². The number of piperazine rings is 1. The summed E-state index contributed by atoms with van der Waals surface area (Å²) in [5.74, 6) is -0.0935. The van der Waals surface area contributed by atoms with Gasteiger partial charge >= 0.3 is 0 Å². The Balaban J connectivity index is 1.30. The molecule has 2 aromatic carbocycles. The smallest absolute Gasteiger partial charge is 0.253 e. The van der Waals surface area contributed by atoms with Crippen LogP contribution in [-0.2, 0) is 6.42 Å². The van der Waals surface area contributed by atoms with Crippen LogP contribution >= 0.6 is 0 Å². The Morgan fingerprint density at radius 1 is 0.912 bits per heavy atom. The van der Waals surface area contributed by atoms with Crippen LogP contribution in [0.4, 0.5) is 10.1 Å². The van der Waals surface area contributed by atoms with Crippen LogP contribution in [0.15, 0.2) is 48.5 Å². The number of Topliss-reactive ketones (excluding diaryl/α,β-unsaturated/α-hetero) is 1. The molecule has 5 rings (SSSR count). The van der Waals surface area contributed by atoms with Crippen LogP contribution in [0.5, 0.6) is 0 Å². The second-order valence-corrected chi connectivity index (χ2v) is 10.1. The van der Waals surface area contributed by atoms with Gasteiger partial charge in [0, 0.05) is 43.9 Å². The first kappa shape index (κ1) is 22.3. The Bertz CT molecular complexity index is 1240. The zero-order chi connectivity index (χ0) is 24.0. The van der Waals surface area contributed by atoms with Crippen molar-refractivity contribution in [2.75, 3.05) is 31.1 Å². The minimum Gasteiger partial charge on any atom is -0.368 e. The van der Waals surface area contributed by atoms with Gasteiger partial charge in [-0.25, -0.2) is 9.07 Å². The van der Waals surface area contributed by atoms with E-state index in [-0.39, 0.29) is 22.9 Å². The zero-order valence-corrected chi connectivity index (χ0v) is 19.8. The van der Waals surface area contributed by atoms with Crippen molar-refractivity contribution >= 4 is 17.4 Å². The summed E-state index contributed by atoms with van der Waals surface area (Å²) >= 11 is 0. The van der Waals surface area contributed by atoms with Gasteiger partial charge in [-0.2, -0.15) is 5.10 Å². The van der Waals surface area contributed by atoms with E-state index in [0.29, 0.717) is 38.2 Å². The Kier molecular flexibility index (Phi) is 5.50. The van der Waals surface area contributed by atoms with E-state index in [4.69, 9.17) is 0 Å². The van der Waals surface area contributed by atoms with Gasteiger partial charge in [0.1, 0.15) is 5.82 Å². The number of rotatable bonds is 3. The lowest BCUT2D eigenvalue weighted by Gasteiger charge is -2.36. The van der Waals surface area contributed by atoms with E-state index < -0.39 is 0 Å². The third-order valence-corrected chi connectivity index (χ3v) is 6.84. The summed E-state index contributed by atoms with van der Waals surface area (Å²) < 4.78 is 15.1. The summed E-state index contributed by atoms with van der Waals surface area (Å²) in [6.45, 7) is 8.74. The number of hydrogen-bond donors (Lipinski definition) is 0. The summed E-state index contributed by atoms with van der Waals surface area (Å²) in [5.41, 5.74) is 4.82. The molecule has 1 aliphatic carbocycles. The molecule has 2 heterocycles. The molecule has 3 aromatic rings. The van der Waals surface area contributed by atoms with Crippen molar-refractivity contribution in [2.45, 2.75) is 33.6 Å². The minimum atomic E-state index is -0.248. The van der Waals surface area contributed by atoms with Gasteiger partial charge in [0.15, 0.2) is 5.78 Å². The lowest BCUT2D eigenvalue weighted by molar-refractivity contribution is 0.0746. The molecule has 1 saturated heterocycles. The molecule has 0 radical (unpaired) electrons. The van der Waals surface area contributed by atoms with E-state index in [1.54, 1.807) is 12.1 Å². The number of aromatic nitrogens is 2. The Morgan fingerprint density at radius 3 is 2.18 bits per heavy atom. The molecule has 7 heteroatoms. The minimum absolute atomic E-state index is 0.000270. The molecule has 0 atom stereocenters. The molecule has 1 aromatic heterocycles. The second-order valence-electron chi connectivity index (χ2n) is 10.1. The number of halogens is 1. The fraction of sp³-hybridized carbons (Fsp3) is 0.370. The first-order valence-corrected chi connectivity index (χ1v) is 11.7. The molecular weight excluding hydrogens is 431 g/mol. The molecular formula is C27H29FN4O2. The van der Waals surface area contributed by atoms with Gasteiger partial charge in [-0.15, -0.1) is 0 Å². The van der Waals surface area contributed by atoms with Crippen LogP contribution in [0.25, 0.3) is 5.69 Å². The summed E-state index contributed by atoms with van der Waals surface area (Å²) in [7, 11) is 0. The Hall–Kier alpha value is -3.48. The maximum atomic E-state index is 13.2. The predicted molar refractivity (Wildman–Crippen MR) is 129 cm³/mol. The number of carbonyl (C=O) groups is 2. The molecule has 176 valence electrons. The number of nitrogens with zero attached hydrogens (tertiary/aromatic N) is 4. The van der Waals surface area contributed by atoms with Crippen LogP contribution in [-0.4, -0.2) is 52.5 Å². The summed E-state index contributed by atoms with van der Waals surface area (Å²) in [6, 6.07) is 14.0. The zero-order valence-electron chi connectivity index (χ0n) is 19.8. The molecule has 1 aliphatic heterocycles. The van der Waals surface area contributed by atoms with Crippen LogP contribution in [0.3, 0.4) is 0 Å². The maximum absolute atomic E-state index is 13.2. The fourth-order valence-electron chi connectivity index (χ4n) is 5.10. The van der Waals surface area contributed by atoms with Crippen molar-refractivity contribution in [1.29, 1.82) is 0 Å². The average molecular weight is 461 g/mol. The molecule has 1 amide bonds. The average Bonchev–Trinajstić information content (AvgIpc) is 3.14. The monoisotopic (exact) mass is 460 g/mol. The number of fused-ring (bicyclic) bond motifs is 1. The number of aryl methyl sites for hydroxylation is 1.